The first-order valence-electron chi connectivity index (χ1n) is 10.8. The maximum absolute atomic E-state index is 4.33. The molecule has 3 nitrogen and oxygen atoms in total. The molecule has 0 fully saturated rings. The number of hydrogen-bond donors (Lipinski definition) is 0. The first-order chi connectivity index (χ1) is 15.9. The van der Waals surface area contributed by atoms with Crippen molar-refractivity contribution in [3.63, 3.8) is 0 Å². The lowest BCUT2D eigenvalue weighted by Crippen LogP contribution is -2.12. The Labute approximate surface area is 185 Å². The number of hydrogen-bond acceptors (Lipinski definition) is 2. The van der Waals surface area contributed by atoms with Crippen LogP contribution in [0.3, 0.4) is 0 Å². The van der Waals surface area contributed by atoms with Crippen molar-refractivity contribution in [2.45, 2.75) is 0 Å². The maximum Gasteiger partial charge on any atom is 0.0639 e. The first-order valence-corrected chi connectivity index (χ1v) is 10.8. The number of fused-ring (bicyclic) bond motifs is 4. The first kappa shape index (κ1) is 17.3. The summed E-state index contributed by atoms with van der Waals surface area (Å²) in [5.74, 6) is 0. The molecular formula is C29H19N3. The highest BCUT2D eigenvalue weighted by atomic mass is 15.1. The predicted molar refractivity (Wildman–Crippen MR) is 134 cm³/mol. The fourth-order valence-electron chi connectivity index (χ4n) is 5.10. The minimum Gasteiger partial charge on any atom is -0.315 e. The monoisotopic (exact) mass is 409 g/mol. The Kier molecular flexibility index (Phi) is 3.55. The van der Waals surface area contributed by atoms with Crippen molar-refractivity contribution in [2.75, 3.05) is 4.90 Å². The topological polar surface area (TPSA) is 21.1 Å². The van der Waals surface area contributed by atoms with Crippen LogP contribution in [0, 0.1) is 0 Å². The van der Waals surface area contributed by atoms with E-state index in [-0.39, 0.29) is 0 Å². The molecule has 0 atom stereocenters. The molecule has 6 aromatic rings. The third-order valence-electron chi connectivity index (χ3n) is 6.41. The van der Waals surface area contributed by atoms with Gasteiger partial charge in [0.15, 0.2) is 0 Å². The van der Waals surface area contributed by atoms with Crippen molar-refractivity contribution in [3.8, 4) is 5.69 Å². The van der Waals surface area contributed by atoms with Crippen LogP contribution in [0.1, 0.15) is 5.56 Å². The minimum absolute atomic E-state index is 1.06. The maximum atomic E-state index is 4.33. The molecule has 150 valence electrons. The number of benzene rings is 4. The van der Waals surface area contributed by atoms with Crippen molar-refractivity contribution >= 4 is 50.0 Å². The van der Waals surface area contributed by atoms with Crippen LogP contribution in [0.15, 0.2) is 110 Å². The van der Waals surface area contributed by atoms with E-state index in [9.17, 15) is 0 Å². The molecule has 1 aliphatic heterocycles. The van der Waals surface area contributed by atoms with Gasteiger partial charge in [0.2, 0.25) is 0 Å². The molecule has 3 heteroatoms. The Morgan fingerprint density at radius 2 is 1.50 bits per heavy atom. The summed E-state index contributed by atoms with van der Waals surface area (Å²) in [4.78, 5) is 6.56. The van der Waals surface area contributed by atoms with Crippen LogP contribution in [0.25, 0.3) is 44.3 Å². The summed E-state index contributed by atoms with van der Waals surface area (Å²) in [6.07, 6.45) is 8.15. The SMILES string of the molecule is C1=CN(c2cccnc2)c2cccc3cc4c(c1c23)c1ccccc1n4-c1ccccc1. The third-order valence-corrected chi connectivity index (χ3v) is 6.41. The minimum atomic E-state index is 1.06. The van der Waals surface area contributed by atoms with Gasteiger partial charge in [-0.3, -0.25) is 4.98 Å². The van der Waals surface area contributed by atoms with Gasteiger partial charge in [-0.05, 0) is 59.5 Å². The van der Waals surface area contributed by atoms with Crippen LogP contribution in [0.2, 0.25) is 0 Å². The largest absolute Gasteiger partial charge is 0.315 e. The van der Waals surface area contributed by atoms with Gasteiger partial charge in [0, 0.05) is 34.2 Å². The van der Waals surface area contributed by atoms with Crippen molar-refractivity contribution in [1.82, 2.24) is 9.55 Å². The summed E-state index contributed by atoms with van der Waals surface area (Å²) in [5.41, 5.74) is 7.17. The summed E-state index contributed by atoms with van der Waals surface area (Å²) in [6, 6.07) is 32.3. The number of rotatable bonds is 2. The summed E-state index contributed by atoms with van der Waals surface area (Å²) in [7, 11) is 0. The summed E-state index contributed by atoms with van der Waals surface area (Å²) in [6.45, 7) is 0. The molecule has 0 unspecified atom stereocenters. The van der Waals surface area contributed by atoms with Crippen LogP contribution in [-0.2, 0) is 0 Å². The molecule has 1 aliphatic rings. The fraction of sp³-hybridized carbons (Fsp3) is 0. The standard InChI is InChI=1S/C29H19N3/c1-2-9-21(10-3-1)32-25-13-5-4-12-23(25)29-24-15-17-31(22-11-7-16-30-19-22)26-14-6-8-20(28(24)26)18-27(29)32/h1-19H. The average molecular weight is 409 g/mol. The van der Waals surface area contributed by atoms with Gasteiger partial charge in [-0.25, -0.2) is 0 Å². The molecule has 0 saturated carbocycles. The Morgan fingerprint density at radius 3 is 2.38 bits per heavy atom. The highest BCUT2D eigenvalue weighted by molar-refractivity contribution is 6.22. The van der Waals surface area contributed by atoms with E-state index in [1.54, 1.807) is 0 Å². The van der Waals surface area contributed by atoms with E-state index in [4.69, 9.17) is 0 Å². The molecule has 32 heavy (non-hydrogen) atoms. The molecule has 7 rings (SSSR count). The van der Waals surface area contributed by atoms with Gasteiger partial charge in [-0.1, -0.05) is 48.5 Å². The second kappa shape index (κ2) is 6.56. The number of pyridine rings is 1. The zero-order valence-corrected chi connectivity index (χ0v) is 17.3. The van der Waals surface area contributed by atoms with Crippen LogP contribution in [0.4, 0.5) is 11.4 Å². The Hall–Kier alpha value is -4.37. The lowest BCUT2D eigenvalue weighted by molar-refractivity contribution is 1.18. The van der Waals surface area contributed by atoms with Crippen LogP contribution >= 0.6 is 0 Å². The van der Waals surface area contributed by atoms with Crippen LogP contribution < -0.4 is 4.90 Å². The molecule has 0 radical (unpaired) electrons. The van der Waals surface area contributed by atoms with Gasteiger partial charge in [0.05, 0.1) is 28.6 Å². The number of aromatic nitrogens is 2. The van der Waals surface area contributed by atoms with Gasteiger partial charge < -0.3 is 9.47 Å². The zero-order valence-electron chi connectivity index (χ0n) is 17.3. The summed E-state index contributed by atoms with van der Waals surface area (Å²) in [5, 5.41) is 5.09. The normalized spacial score (nSPS) is 12.8. The Morgan fingerprint density at radius 1 is 0.656 bits per heavy atom. The summed E-state index contributed by atoms with van der Waals surface area (Å²) < 4.78 is 2.38. The molecule has 3 heterocycles. The predicted octanol–water partition coefficient (Wildman–Crippen LogP) is 7.45. The smallest absolute Gasteiger partial charge is 0.0639 e. The second-order valence-corrected chi connectivity index (χ2v) is 8.14. The fourth-order valence-corrected chi connectivity index (χ4v) is 5.10. The number of anilines is 2. The number of para-hydroxylation sites is 2. The van der Waals surface area contributed by atoms with E-state index in [1.807, 2.05) is 18.5 Å². The molecule has 0 spiro atoms. The lowest BCUT2D eigenvalue weighted by Gasteiger charge is -2.27. The van der Waals surface area contributed by atoms with E-state index < -0.39 is 0 Å². The van der Waals surface area contributed by atoms with E-state index in [0.717, 1.165) is 5.69 Å². The Balaban J connectivity index is 1.63. The van der Waals surface area contributed by atoms with Gasteiger partial charge in [-0.2, -0.15) is 0 Å². The van der Waals surface area contributed by atoms with Gasteiger partial charge in [0.25, 0.3) is 0 Å². The van der Waals surface area contributed by atoms with Crippen molar-refractivity contribution in [3.05, 3.63) is 115 Å². The summed E-state index contributed by atoms with van der Waals surface area (Å²) >= 11 is 0. The quantitative estimate of drug-likeness (QED) is 0.296. The molecular weight excluding hydrogens is 390 g/mol. The van der Waals surface area contributed by atoms with Crippen molar-refractivity contribution in [2.24, 2.45) is 0 Å². The molecule has 0 N–H and O–H groups in total. The van der Waals surface area contributed by atoms with Crippen LogP contribution in [0.5, 0.6) is 0 Å². The molecule has 0 aliphatic carbocycles. The van der Waals surface area contributed by atoms with E-state index in [2.05, 4.69) is 112 Å². The molecule has 2 aromatic heterocycles. The average Bonchev–Trinajstić information content (AvgIpc) is 3.19. The Bertz CT molecular complexity index is 1660. The van der Waals surface area contributed by atoms with Crippen molar-refractivity contribution < 1.29 is 0 Å². The second-order valence-electron chi connectivity index (χ2n) is 8.14. The van der Waals surface area contributed by atoms with E-state index >= 15 is 0 Å². The highest BCUT2D eigenvalue weighted by Gasteiger charge is 2.22. The molecule has 4 aromatic carbocycles. The lowest BCUT2D eigenvalue weighted by atomic mass is 9.94. The third kappa shape index (κ3) is 2.33. The zero-order chi connectivity index (χ0) is 21.1. The molecule has 0 bridgehead atoms. The van der Waals surface area contributed by atoms with E-state index in [1.165, 1.54) is 49.5 Å². The van der Waals surface area contributed by atoms with E-state index in [0.29, 0.717) is 0 Å². The highest BCUT2D eigenvalue weighted by Crippen LogP contribution is 2.45. The number of nitrogens with zero attached hydrogens (tertiary/aromatic N) is 3. The molecule has 0 amide bonds. The van der Waals surface area contributed by atoms with Gasteiger partial charge in [0.1, 0.15) is 0 Å². The van der Waals surface area contributed by atoms with Gasteiger partial charge in [-0.15, -0.1) is 0 Å². The molecule has 0 saturated heterocycles. The van der Waals surface area contributed by atoms with Gasteiger partial charge >= 0.3 is 0 Å². The van der Waals surface area contributed by atoms with Crippen molar-refractivity contribution in [1.29, 1.82) is 0 Å². The van der Waals surface area contributed by atoms with Crippen LogP contribution in [-0.4, -0.2) is 9.55 Å².